The summed E-state index contributed by atoms with van der Waals surface area (Å²) in [4.78, 5) is 24.0. The first-order valence-electron chi connectivity index (χ1n) is 8.67. The summed E-state index contributed by atoms with van der Waals surface area (Å²) in [6, 6.07) is 8.50. The van der Waals surface area contributed by atoms with Gasteiger partial charge in [0.25, 0.3) is 5.91 Å². The molecule has 0 unspecified atom stereocenters. The summed E-state index contributed by atoms with van der Waals surface area (Å²) >= 11 is 0. The van der Waals surface area contributed by atoms with E-state index in [1.54, 1.807) is 6.07 Å². The summed E-state index contributed by atoms with van der Waals surface area (Å²) in [7, 11) is -3.69. The number of ether oxygens (including phenoxy) is 1. The largest absolute Gasteiger partial charge is 0.459 e. The van der Waals surface area contributed by atoms with Gasteiger partial charge in [0.05, 0.1) is 23.4 Å². The molecule has 2 N–H and O–H groups in total. The molecule has 2 heterocycles. The molecular formula is C18H21N3O6S. The predicted octanol–water partition coefficient (Wildman–Crippen LogP) is 1.15. The van der Waals surface area contributed by atoms with Crippen LogP contribution in [-0.2, 0) is 14.8 Å². The second kappa shape index (κ2) is 8.13. The Balaban J connectivity index is 1.65. The number of nitrogens with zero attached hydrogens (tertiary/aromatic N) is 1. The van der Waals surface area contributed by atoms with Crippen molar-refractivity contribution in [1.82, 2.24) is 15.2 Å². The first kappa shape index (κ1) is 20.1. The lowest BCUT2D eigenvalue weighted by molar-refractivity contribution is -0.0440. The van der Waals surface area contributed by atoms with Gasteiger partial charge in [-0.15, -0.1) is 0 Å². The summed E-state index contributed by atoms with van der Waals surface area (Å²) in [5.41, 5.74) is 4.66. The minimum absolute atomic E-state index is 0.0516. The molecule has 2 atom stereocenters. The fourth-order valence-corrected chi connectivity index (χ4v) is 4.50. The number of nitrogens with one attached hydrogen (secondary N) is 2. The molecule has 9 nitrogen and oxygen atoms in total. The second-order valence-corrected chi connectivity index (χ2v) is 8.43. The van der Waals surface area contributed by atoms with Gasteiger partial charge < -0.3 is 9.15 Å². The topological polar surface area (TPSA) is 118 Å². The fourth-order valence-electron chi connectivity index (χ4n) is 2.91. The van der Waals surface area contributed by atoms with Crippen LogP contribution in [0.15, 0.2) is 52.0 Å². The van der Waals surface area contributed by atoms with E-state index >= 15 is 0 Å². The molecule has 1 aliphatic heterocycles. The Morgan fingerprint density at radius 2 is 1.61 bits per heavy atom. The number of hydrogen-bond donors (Lipinski definition) is 2. The van der Waals surface area contributed by atoms with Crippen molar-refractivity contribution in [2.45, 2.75) is 31.0 Å². The van der Waals surface area contributed by atoms with E-state index in [1.807, 2.05) is 13.8 Å². The average molecular weight is 407 g/mol. The number of benzene rings is 1. The minimum Gasteiger partial charge on any atom is -0.459 e. The molecule has 0 spiro atoms. The molecule has 0 aliphatic carbocycles. The van der Waals surface area contributed by atoms with E-state index in [2.05, 4.69) is 10.9 Å². The van der Waals surface area contributed by atoms with Gasteiger partial charge in [-0.1, -0.05) is 0 Å². The number of sulfonamides is 1. The van der Waals surface area contributed by atoms with Crippen LogP contribution in [0.25, 0.3) is 0 Å². The van der Waals surface area contributed by atoms with E-state index in [1.165, 1.54) is 40.9 Å². The van der Waals surface area contributed by atoms with E-state index in [0.29, 0.717) is 0 Å². The quantitative estimate of drug-likeness (QED) is 0.734. The van der Waals surface area contributed by atoms with Crippen LogP contribution in [0, 0.1) is 0 Å². The van der Waals surface area contributed by atoms with Crippen molar-refractivity contribution >= 4 is 21.8 Å². The second-order valence-electron chi connectivity index (χ2n) is 6.49. The first-order chi connectivity index (χ1) is 13.3. The van der Waals surface area contributed by atoms with Gasteiger partial charge in [0.15, 0.2) is 5.76 Å². The van der Waals surface area contributed by atoms with Crippen LogP contribution in [0.1, 0.15) is 34.8 Å². The molecule has 150 valence electrons. The van der Waals surface area contributed by atoms with Crippen LogP contribution in [-0.4, -0.2) is 49.8 Å². The molecule has 28 heavy (non-hydrogen) atoms. The van der Waals surface area contributed by atoms with Gasteiger partial charge in [0.2, 0.25) is 10.0 Å². The number of carbonyl (C=O) groups is 2. The Kier molecular flexibility index (Phi) is 5.82. The van der Waals surface area contributed by atoms with E-state index in [9.17, 15) is 18.0 Å². The van der Waals surface area contributed by atoms with Crippen molar-refractivity contribution < 1.29 is 27.2 Å². The van der Waals surface area contributed by atoms with E-state index in [0.717, 1.165) is 0 Å². The third-order valence-corrected chi connectivity index (χ3v) is 6.02. The maximum Gasteiger partial charge on any atom is 0.305 e. The van der Waals surface area contributed by atoms with Crippen LogP contribution in [0.2, 0.25) is 0 Å². The molecule has 1 aromatic carbocycles. The first-order valence-corrected chi connectivity index (χ1v) is 10.1. The van der Waals surface area contributed by atoms with Crippen LogP contribution >= 0.6 is 0 Å². The Hall–Kier alpha value is -2.69. The number of carbonyl (C=O) groups excluding carboxylic acids is 2. The summed E-state index contributed by atoms with van der Waals surface area (Å²) in [5.74, 6) is -1.14. The monoisotopic (exact) mass is 407 g/mol. The number of hydrogen-bond acceptors (Lipinski definition) is 6. The standard InChI is InChI=1S/C18H21N3O6S/c1-12-10-21(11-13(2)27-12)28(24,25)15-7-5-14(6-8-15)17(22)19-20-18(23)16-4-3-9-26-16/h3-9,12-13H,10-11H2,1-2H3,(H,19,22)(H,20,23)/t12-,13-/m1/s1. The molecule has 0 bridgehead atoms. The predicted molar refractivity (Wildman–Crippen MR) is 98.9 cm³/mol. The number of furan rings is 1. The van der Waals surface area contributed by atoms with Gasteiger partial charge in [-0.25, -0.2) is 8.42 Å². The highest BCUT2D eigenvalue weighted by Gasteiger charge is 2.32. The minimum atomic E-state index is -3.69. The molecule has 1 aromatic heterocycles. The normalized spacial score (nSPS) is 20.5. The van der Waals surface area contributed by atoms with Crippen molar-refractivity contribution in [3.8, 4) is 0 Å². The number of rotatable bonds is 4. The van der Waals surface area contributed by atoms with E-state index in [4.69, 9.17) is 9.15 Å². The molecule has 3 rings (SSSR count). The highest BCUT2D eigenvalue weighted by Crippen LogP contribution is 2.21. The van der Waals surface area contributed by atoms with Crippen LogP contribution in [0.4, 0.5) is 0 Å². The summed E-state index contributed by atoms with van der Waals surface area (Å²) < 4.78 is 37.5. The van der Waals surface area contributed by atoms with E-state index in [-0.39, 0.29) is 41.5 Å². The van der Waals surface area contributed by atoms with E-state index < -0.39 is 21.8 Å². The van der Waals surface area contributed by atoms with Gasteiger partial charge in [0, 0.05) is 18.7 Å². The van der Waals surface area contributed by atoms with Crippen LogP contribution < -0.4 is 10.9 Å². The highest BCUT2D eigenvalue weighted by molar-refractivity contribution is 7.89. The van der Waals surface area contributed by atoms with Crippen molar-refractivity contribution in [2.75, 3.05) is 13.1 Å². The fraction of sp³-hybridized carbons (Fsp3) is 0.333. The molecule has 0 radical (unpaired) electrons. The van der Waals surface area contributed by atoms with Crippen molar-refractivity contribution in [3.05, 3.63) is 54.0 Å². The van der Waals surface area contributed by atoms with Crippen LogP contribution in [0.3, 0.4) is 0 Å². The number of hydrazine groups is 1. The highest BCUT2D eigenvalue weighted by atomic mass is 32.2. The third-order valence-electron chi connectivity index (χ3n) is 4.17. The SMILES string of the molecule is C[C@@H]1CN(S(=O)(=O)c2ccc(C(=O)NNC(=O)c3ccco3)cc2)C[C@@H](C)O1. The molecular weight excluding hydrogens is 386 g/mol. The zero-order valence-corrected chi connectivity index (χ0v) is 16.2. The third kappa shape index (κ3) is 4.41. The van der Waals surface area contributed by atoms with Gasteiger partial charge >= 0.3 is 5.91 Å². The zero-order chi connectivity index (χ0) is 20.3. The van der Waals surface area contributed by atoms with Crippen molar-refractivity contribution in [1.29, 1.82) is 0 Å². The smallest absolute Gasteiger partial charge is 0.305 e. The molecule has 1 saturated heterocycles. The Bertz CT molecular complexity index is 930. The zero-order valence-electron chi connectivity index (χ0n) is 15.4. The number of amides is 2. The average Bonchev–Trinajstić information content (AvgIpc) is 3.20. The maximum atomic E-state index is 12.8. The lowest BCUT2D eigenvalue weighted by Crippen LogP contribution is -2.48. The lowest BCUT2D eigenvalue weighted by Gasteiger charge is -2.34. The Labute approximate surface area is 162 Å². The van der Waals surface area contributed by atoms with Crippen molar-refractivity contribution in [3.63, 3.8) is 0 Å². The summed E-state index contributed by atoms with van der Waals surface area (Å²) in [6.45, 7) is 4.19. The van der Waals surface area contributed by atoms with Crippen molar-refractivity contribution in [2.24, 2.45) is 0 Å². The summed E-state index contributed by atoms with van der Waals surface area (Å²) in [6.07, 6.45) is 0.953. The Morgan fingerprint density at radius 1 is 1.00 bits per heavy atom. The summed E-state index contributed by atoms with van der Waals surface area (Å²) in [5, 5.41) is 0. The maximum absolute atomic E-state index is 12.8. The number of morpholine rings is 1. The van der Waals surface area contributed by atoms with Gasteiger partial charge in [-0.2, -0.15) is 4.31 Å². The van der Waals surface area contributed by atoms with Gasteiger partial charge in [0.1, 0.15) is 0 Å². The molecule has 0 saturated carbocycles. The molecule has 2 aromatic rings. The molecule has 10 heteroatoms. The van der Waals surface area contributed by atoms with Gasteiger partial charge in [-0.05, 0) is 50.2 Å². The van der Waals surface area contributed by atoms with Gasteiger partial charge in [-0.3, -0.25) is 20.4 Å². The van der Waals surface area contributed by atoms with Crippen LogP contribution in [0.5, 0.6) is 0 Å². The molecule has 2 amide bonds. The molecule has 1 fully saturated rings. The molecule has 1 aliphatic rings. The lowest BCUT2D eigenvalue weighted by atomic mass is 10.2. The Morgan fingerprint density at radius 3 is 2.18 bits per heavy atom.